The molecule has 3 rings (SSSR count). The highest BCUT2D eigenvalue weighted by atomic mass is 16.5. The van der Waals surface area contributed by atoms with Crippen LogP contribution in [0.15, 0.2) is 42.7 Å². The predicted octanol–water partition coefficient (Wildman–Crippen LogP) is 1.42. The van der Waals surface area contributed by atoms with Crippen LogP contribution < -0.4 is 10.0 Å². The molecule has 1 aliphatic heterocycles. The number of nitrogens with one attached hydrogen (secondary N) is 1. The van der Waals surface area contributed by atoms with Gasteiger partial charge in [-0.05, 0) is 30.7 Å². The Labute approximate surface area is 137 Å². The van der Waals surface area contributed by atoms with E-state index in [0.29, 0.717) is 16.0 Å². The van der Waals surface area contributed by atoms with Crippen molar-refractivity contribution in [3.63, 3.8) is 0 Å². The number of ketones is 1. The van der Waals surface area contributed by atoms with Gasteiger partial charge in [0.2, 0.25) is 5.91 Å². The van der Waals surface area contributed by atoms with Crippen molar-refractivity contribution in [2.45, 2.75) is 12.8 Å². The predicted molar refractivity (Wildman–Crippen MR) is 83.5 cm³/mol. The van der Waals surface area contributed by atoms with Gasteiger partial charge in [0, 0.05) is 23.4 Å². The number of esters is 1. The number of hydrogen-bond donors (Lipinski definition) is 1. The maximum absolute atomic E-state index is 12.2. The first kappa shape index (κ1) is 15.7. The van der Waals surface area contributed by atoms with Gasteiger partial charge in [-0.15, -0.1) is 0 Å². The number of fused-ring (bicyclic) bond motifs is 1. The van der Waals surface area contributed by atoms with E-state index in [4.69, 9.17) is 4.74 Å². The summed E-state index contributed by atoms with van der Waals surface area (Å²) in [5.41, 5.74) is 2.00. The van der Waals surface area contributed by atoms with Gasteiger partial charge in [-0.3, -0.25) is 9.59 Å². The van der Waals surface area contributed by atoms with Crippen LogP contribution in [0, 0.1) is 5.21 Å². The molecule has 1 amide bonds. The molecule has 1 aliphatic rings. The van der Waals surface area contributed by atoms with Crippen molar-refractivity contribution in [3.8, 4) is 0 Å². The van der Waals surface area contributed by atoms with Gasteiger partial charge in [-0.1, -0.05) is 0 Å². The van der Waals surface area contributed by atoms with E-state index in [1.807, 2.05) is 0 Å². The number of rotatable bonds is 4. The van der Waals surface area contributed by atoms with E-state index in [1.165, 1.54) is 24.5 Å². The minimum atomic E-state index is -0.685. The van der Waals surface area contributed by atoms with E-state index in [9.17, 15) is 19.6 Å². The average Bonchev–Trinajstić information content (AvgIpc) is 2.87. The molecule has 0 bridgehead atoms. The van der Waals surface area contributed by atoms with Gasteiger partial charge in [0.05, 0.1) is 11.5 Å². The highest BCUT2D eigenvalue weighted by Crippen LogP contribution is 2.32. The number of aromatic nitrogens is 1. The second-order valence-corrected chi connectivity index (χ2v) is 5.46. The maximum atomic E-state index is 12.2. The molecule has 0 aliphatic carbocycles. The minimum absolute atomic E-state index is 0.110. The molecule has 2 aromatic rings. The van der Waals surface area contributed by atoms with Gasteiger partial charge < -0.3 is 15.3 Å². The number of nitrogens with zero attached hydrogens (tertiary/aromatic N) is 1. The largest absolute Gasteiger partial charge is 0.619 e. The van der Waals surface area contributed by atoms with Gasteiger partial charge in [-0.2, -0.15) is 4.73 Å². The van der Waals surface area contributed by atoms with Crippen LogP contribution in [-0.4, -0.2) is 24.3 Å². The lowest BCUT2D eigenvalue weighted by molar-refractivity contribution is -0.605. The monoisotopic (exact) mass is 326 g/mol. The molecule has 1 atom stereocenters. The van der Waals surface area contributed by atoms with Crippen LogP contribution in [0.1, 0.15) is 39.1 Å². The lowest BCUT2D eigenvalue weighted by Crippen LogP contribution is -2.24. The van der Waals surface area contributed by atoms with E-state index in [0.717, 1.165) is 5.56 Å². The summed E-state index contributed by atoms with van der Waals surface area (Å²) in [6, 6.07) is 7.51. The van der Waals surface area contributed by atoms with E-state index in [2.05, 4.69) is 5.32 Å². The lowest BCUT2D eigenvalue weighted by Gasteiger charge is -2.07. The number of carbonyl (C=O) groups excluding carboxylic acids is 3. The fourth-order valence-electron chi connectivity index (χ4n) is 2.44. The fourth-order valence-corrected chi connectivity index (χ4v) is 2.44. The van der Waals surface area contributed by atoms with Gasteiger partial charge in [0.25, 0.3) is 0 Å². The van der Waals surface area contributed by atoms with Gasteiger partial charge in [-0.25, -0.2) is 4.79 Å². The first-order valence-corrected chi connectivity index (χ1v) is 7.29. The highest BCUT2D eigenvalue weighted by Gasteiger charge is 2.27. The third-order valence-electron chi connectivity index (χ3n) is 3.86. The van der Waals surface area contributed by atoms with E-state index in [-0.39, 0.29) is 23.2 Å². The van der Waals surface area contributed by atoms with Crippen LogP contribution in [0.4, 0.5) is 5.69 Å². The highest BCUT2D eigenvalue weighted by molar-refractivity contribution is 6.05. The normalized spacial score (nSPS) is 15.5. The van der Waals surface area contributed by atoms with Crippen LogP contribution >= 0.6 is 0 Å². The summed E-state index contributed by atoms with van der Waals surface area (Å²) in [4.78, 5) is 35.6. The Hall–Kier alpha value is -3.22. The van der Waals surface area contributed by atoms with Crippen molar-refractivity contribution in [2.75, 3.05) is 11.9 Å². The Bertz CT molecular complexity index is 829. The Morgan fingerprint density at radius 1 is 1.21 bits per heavy atom. The number of benzene rings is 1. The quantitative estimate of drug-likeness (QED) is 0.396. The molecule has 24 heavy (non-hydrogen) atoms. The van der Waals surface area contributed by atoms with Crippen LogP contribution in [0.5, 0.6) is 0 Å². The second-order valence-electron chi connectivity index (χ2n) is 5.46. The van der Waals surface area contributed by atoms with Crippen molar-refractivity contribution in [1.82, 2.24) is 0 Å². The summed E-state index contributed by atoms with van der Waals surface area (Å²) in [5, 5.41) is 13.6. The van der Waals surface area contributed by atoms with Crippen molar-refractivity contribution in [3.05, 3.63) is 64.6 Å². The zero-order chi connectivity index (χ0) is 17.3. The number of amides is 1. The fraction of sp³-hybridized carbons (Fsp3) is 0.176. The molecule has 2 heterocycles. The number of pyridine rings is 1. The molecular weight excluding hydrogens is 312 g/mol. The summed E-state index contributed by atoms with van der Waals surface area (Å²) in [6.07, 6.45) is 2.34. The Morgan fingerprint density at radius 2 is 1.92 bits per heavy atom. The molecule has 0 radical (unpaired) electrons. The molecule has 1 aromatic carbocycles. The van der Waals surface area contributed by atoms with Crippen LogP contribution in [0.2, 0.25) is 0 Å². The molecule has 0 saturated heterocycles. The third-order valence-corrected chi connectivity index (χ3v) is 3.86. The van der Waals surface area contributed by atoms with Crippen molar-refractivity contribution < 1.29 is 23.9 Å². The summed E-state index contributed by atoms with van der Waals surface area (Å²) in [5.74, 6) is -1.48. The maximum Gasteiger partial charge on any atom is 0.339 e. The molecule has 0 spiro atoms. The third kappa shape index (κ3) is 2.96. The molecule has 122 valence electrons. The molecule has 7 nitrogen and oxygen atoms in total. The van der Waals surface area contributed by atoms with Gasteiger partial charge >= 0.3 is 5.97 Å². The first-order valence-electron chi connectivity index (χ1n) is 7.29. The standard InChI is InChI=1S/C17H14N2O5/c1-10-13-8-12(2-3-14(13)18-16(10)21)15(20)9-24-17(22)11-4-6-19(23)7-5-11/h2-8,10H,9H2,1H3,(H,18,21)/t10-/m1/s1. The summed E-state index contributed by atoms with van der Waals surface area (Å²) in [6.45, 7) is 1.34. The van der Waals surface area contributed by atoms with E-state index in [1.54, 1.807) is 25.1 Å². The van der Waals surface area contributed by atoms with Crippen LogP contribution in [-0.2, 0) is 9.53 Å². The van der Waals surface area contributed by atoms with E-state index >= 15 is 0 Å². The number of anilines is 1. The molecule has 0 unspecified atom stereocenters. The zero-order valence-electron chi connectivity index (χ0n) is 12.8. The summed E-state index contributed by atoms with van der Waals surface area (Å²) in [7, 11) is 0. The van der Waals surface area contributed by atoms with Gasteiger partial charge in [0.1, 0.15) is 0 Å². The number of Topliss-reactive ketones (excluding diaryl/α,β-unsaturated/α-hetero) is 1. The molecule has 1 N–H and O–H groups in total. The molecule has 0 fully saturated rings. The van der Waals surface area contributed by atoms with Crippen LogP contribution in [0.25, 0.3) is 0 Å². The summed E-state index contributed by atoms with van der Waals surface area (Å²) < 4.78 is 5.51. The topological polar surface area (TPSA) is 99.4 Å². The smallest absolute Gasteiger partial charge is 0.339 e. The lowest BCUT2D eigenvalue weighted by atomic mass is 9.99. The molecule has 7 heteroatoms. The molecular formula is C17H14N2O5. The zero-order valence-corrected chi connectivity index (χ0v) is 12.8. The Kier molecular flexibility index (Phi) is 3.99. The number of hydrogen-bond acceptors (Lipinski definition) is 5. The minimum Gasteiger partial charge on any atom is -0.619 e. The Balaban J connectivity index is 1.67. The number of carbonyl (C=O) groups is 3. The molecule has 1 aromatic heterocycles. The number of ether oxygens (including phenoxy) is 1. The van der Waals surface area contributed by atoms with Crippen molar-refractivity contribution in [1.29, 1.82) is 0 Å². The van der Waals surface area contributed by atoms with Crippen molar-refractivity contribution >= 4 is 23.3 Å². The Morgan fingerprint density at radius 3 is 2.62 bits per heavy atom. The molecule has 0 saturated carbocycles. The van der Waals surface area contributed by atoms with Crippen LogP contribution in [0.3, 0.4) is 0 Å². The second kappa shape index (κ2) is 6.11. The van der Waals surface area contributed by atoms with Gasteiger partial charge in [0.15, 0.2) is 24.8 Å². The first-order chi connectivity index (χ1) is 11.5. The van der Waals surface area contributed by atoms with E-state index < -0.39 is 12.6 Å². The average molecular weight is 326 g/mol. The SMILES string of the molecule is C[C@H]1C(=O)Nc2ccc(C(=O)COC(=O)c3cc[n+]([O-])cc3)cc21. The van der Waals surface area contributed by atoms with Crippen molar-refractivity contribution in [2.24, 2.45) is 0 Å². The summed E-state index contributed by atoms with van der Waals surface area (Å²) >= 11 is 0.